The predicted molar refractivity (Wildman–Crippen MR) is 418 cm³/mol. The second kappa shape index (κ2) is 74.7. The van der Waals surface area contributed by atoms with Crippen molar-refractivity contribution in [2.75, 3.05) is 39.6 Å². The summed E-state index contributed by atoms with van der Waals surface area (Å²) in [5.74, 6) is -2.23. The molecule has 0 amide bonds. The first-order valence-electron chi connectivity index (χ1n) is 39.8. The fraction of sp³-hybridized carbons (Fsp3) is 0.711. The van der Waals surface area contributed by atoms with Gasteiger partial charge in [0, 0.05) is 25.7 Å². The maximum Gasteiger partial charge on any atom is 0.472 e. The quantitative estimate of drug-likeness (QED) is 0.0169. The van der Waals surface area contributed by atoms with Crippen LogP contribution in [0.5, 0.6) is 0 Å². The predicted octanol–water partition coefficient (Wildman–Crippen LogP) is 23.1. The number of aliphatic hydroxyl groups excluding tert-OH is 1. The zero-order valence-electron chi connectivity index (χ0n) is 64.0. The van der Waals surface area contributed by atoms with E-state index < -0.39 is 97.5 Å². The highest BCUT2D eigenvalue weighted by atomic mass is 31.2. The lowest BCUT2D eigenvalue weighted by molar-refractivity contribution is -0.161. The molecule has 0 aliphatic rings. The molecule has 17 nitrogen and oxygen atoms in total. The van der Waals surface area contributed by atoms with Gasteiger partial charge in [0.05, 0.1) is 26.4 Å². The number of ether oxygens (including phenoxy) is 4. The van der Waals surface area contributed by atoms with E-state index >= 15 is 0 Å². The first-order chi connectivity index (χ1) is 49.7. The Labute approximate surface area is 619 Å². The maximum atomic E-state index is 13.1. The van der Waals surface area contributed by atoms with Crippen LogP contribution in [-0.4, -0.2) is 96.7 Å². The fourth-order valence-electron chi connectivity index (χ4n) is 10.4. The molecule has 0 aromatic carbocycles. The van der Waals surface area contributed by atoms with Gasteiger partial charge in [0.1, 0.15) is 19.3 Å². The molecule has 5 atom stereocenters. The smallest absolute Gasteiger partial charge is 0.462 e. The molecule has 3 N–H and O–H groups in total. The third-order valence-electron chi connectivity index (χ3n) is 16.4. The molecule has 0 aromatic rings. The molecule has 102 heavy (non-hydrogen) atoms. The van der Waals surface area contributed by atoms with E-state index in [0.29, 0.717) is 25.7 Å². The van der Waals surface area contributed by atoms with Crippen molar-refractivity contribution in [3.8, 4) is 0 Å². The van der Waals surface area contributed by atoms with E-state index in [2.05, 4.69) is 149 Å². The minimum absolute atomic E-state index is 0.0685. The molecule has 0 heterocycles. The summed E-state index contributed by atoms with van der Waals surface area (Å²) >= 11 is 0. The average Bonchev–Trinajstić information content (AvgIpc) is 0.940. The molecule has 0 aromatic heterocycles. The number of phosphoric ester groups is 2. The molecule has 19 heteroatoms. The molecule has 0 aliphatic heterocycles. The summed E-state index contributed by atoms with van der Waals surface area (Å²) in [4.78, 5) is 72.9. The van der Waals surface area contributed by atoms with Crippen molar-refractivity contribution < 1.29 is 80.2 Å². The Kier molecular flexibility index (Phi) is 71.4. The number of allylic oxidation sites excluding steroid dienone is 20. The van der Waals surface area contributed by atoms with Crippen LogP contribution < -0.4 is 0 Å². The minimum atomic E-state index is -4.99. The molecular formula is C83H142O17P2. The normalized spacial score (nSPS) is 14.5. The molecular weight excluding hydrogens is 1330 g/mol. The Balaban J connectivity index is 5.38. The average molecular weight is 1470 g/mol. The SMILES string of the molecule is CC/C=C\C/C=C\C/C=C\C/C=C\C/C=C\CCCCCC(=O)OCC(COP(=O)(O)OCC(O)COP(=O)(O)OCC(COC(=O)CCCCCCCCCCCCCCC)OC(=O)CCCCCCC/C=C\CCCC)OC(=O)CCCCCCCC/C=C\C/C=C\C/C=C\C/C=C\CC. The van der Waals surface area contributed by atoms with Gasteiger partial charge in [-0.25, -0.2) is 9.13 Å². The Hall–Kier alpha value is -4.54. The second-order valence-electron chi connectivity index (χ2n) is 26.2. The zero-order valence-corrected chi connectivity index (χ0v) is 65.8. The zero-order chi connectivity index (χ0) is 74.6. The van der Waals surface area contributed by atoms with E-state index in [0.717, 1.165) is 173 Å². The molecule has 0 fully saturated rings. The van der Waals surface area contributed by atoms with Gasteiger partial charge in [0.15, 0.2) is 12.2 Å². The van der Waals surface area contributed by atoms with Crippen LogP contribution in [0.1, 0.15) is 323 Å². The lowest BCUT2D eigenvalue weighted by Crippen LogP contribution is -2.30. The molecule has 5 unspecified atom stereocenters. The highest BCUT2D eigenvalue weighted by Crippen LogP contribution is 2.45. The first kappa shape index (κ1) is 97.5. The van der Waals surface area contributed by atoms with Gasteiger partial charge in [-0.05, 0) is 128 Å². The van der Waals surface area contributed by atoms with Crippen molar-refractivity contribution in [2.24, 2.45) is 0 Å². The molecule has 0 spiro atoms. The second-order valence-corrected chi connectivity index (χ2v) is 29.2. The summed E-state index contributed by atoms with van der Waals surface area (Å²) < 4.78 is 68.5. The number of unbranched alkanes of at least 4 members (excludes halogenated alkanes) is 28. The van der Waals surface area contributed by atoms with E-state index in [1.165, 1.54) is 70.6 Å². The first-order valence-corrected chi connectivity index (χ1v) is 42.8. The van der Waals surface area contributed by atoms with E-state index in [9.17, 15) is 43.2 Å². The summed E-state index contributed by atoms with van der Waals surface area (Å²) in [6, 6.07) is 0. The van der Waals surface area contributed by atoms with Crippen LogP contribution in [0.25, 0.3) is 0 Å². The van der Waals surface area contributed by atoms with Gasteiger partial charge >= 0.3 is 39.5 Å². The lowest BCUT2D eigenvalue weighted by atomic mass is 10.0. The van der Waals surface area contributed by atoms with Gasteiger partial charge in [-0.15, -0.1) is 0 Å². The Bertz CT molecular complexity index is 2410. The number of hydrogen-bond acceptors (Lipinski definition) is 15. The number of esters is 4. The van der Waals surface area contributed by atoms with Crippen LogP contribution in [0.15, 0.2) is 122 Å². The van der Waals surface area contributed by atoms with E-state index in [1.54, 1.807) is 0 Å². The Morgan fingerprint density at radius 3 is 0.833 bits per heavy atom. The van der Waals surface area contributed by atoms with Crippen molar-refractivity contribution in [3.63, 3.8) is 0 Å². The lowest BCUT2D eigenvalue weighted by Gasteiger charge is -2.21. The van der Waals surface area contributed by atoms with E-state index in [4.69, 9.17) is 37.0 Å². The molecule has 0 saturated heterocycles. The van der Waals surface area contributed by atoms with Crippen LogP contribution in [0.3, 0.4) is 0 Å². The largest absolute Gasteiger partial charge is 0.472 e. The molecule has 0 saturated carbocycles. The summed E-state index contributed by atoms with van der Waals surface area (Å²) in [5.41, 5.74) is 0. The highest BCUT2D eigenvalue weighted by Gasteiger charge is 2.30. The van der Waals surface area contributed by atoms with Gasteiger partial charge < -0.3 is 33.8 Å². The number of carbonyl (C=O) groups is 4. The third kappa shape index (κ3) is 73.8. The summed E-state index contributed by atoms with van der Waals surface area (Å²) in [5, 5.41) is 10.6. The summed E-state index contributed by atoms with van der Waals surface area (Å²) in [6.45, 7) is 4.57. The Morgan fingerprint density at radius 2 is 0.520 bits per heavy atom. The van der Waals surface area contributed by atoms with E-state index in [1.807, 2.05) is 0 Å². The molecule has 0 rings (SSSR count). The van der Waals surface area contributed by atoms with Crippen molar-refractivity contribution in [2.45, 2.75) is 341 Å². The topological polar surface area (TPSA) is 237 Å². The number of rotatable bonds is 74. The van der Waals surface area contributed by atoms with Crippen LogP contribution in [0, 0.1) is 0 Å². The minimum Gasteiger partial charge on any atom is -0.462 e. The number of phosphoric acid groups is 2. The van der Waals surface area contributed by atoms with Crippen LogP contribution >= 0.6 is 15.6 Å². The van der Waals surface area contributed by atoms with E-state index in [-0.39, 0.29) is 25.7 Å². The van der Waals surface area contributed by atoms with Gasteiger partial charge in [-0.1, -0.05) is 290 Å². The van der Waals surface area contributed by atoms with Crippen LogP contribution in [-0.2, 0) is 65.4 Å². The summed E-state index contributed by atoms with van der Waals surface area (Å²) in [7, 11) is -9.97. The maximum absolute atomic E-state index is 13.1. The fourth-order valence-corrected chi connectivity index (χ4v) is 12.0. The molecule has 0 radical (unpaired) electrons. The molecule has 586 valence electrons. The number of carbonyl (C=O) groups excluding carboxylic acids is 4. The van der Waals surface area contributed by atoms with Crippen molar-refractivity contribution in [1.82, 2.24) is 0 Å². The van der Waals surface area contributed by atoms with Crippen molar-refractivity contribution in [1.29, 1.82) is 0 Å². The third-order valence-corrected chi connectivity index (χ3v) is 18.3. The van der Waals surface area contributed by atoms with Gasteiger partial charge in [-0.3, -0.25) is 37.3 Å². The number of aliphatic hydroxyl groups is 1. The Morgan fingerprint density at radius 1 is 0.284 bits per heavy atom. The van der Waals surface area contributed by atoms with Crippen molar-refractivity contribution >= 4 is 39.5 Å². The monoisotopic (exact) mass is 1470 g/mol. The van der Waals surface area contributed by atoms with Gasteiger partial charge in [-0.2, -0.15) is 0 Å². The van der Waals surface area contributed by atoms with Gasteiger partial charge in [0.25, 0.3) is 0 Å². The molecule has 0 bridgehead atoms. The van der Waals surface area contributed by atoms with Crippen LogP contribution in [0.4, 0.5) is 0 Å². The summed E-state index contributed by atoms with van der Waals surface area (Å²) in [6.07, 6.45) is 81.8. The van der Waals surface area contributed by atoms with Crippen molar-refractivity contribution in [3.05, 3.63) is 122 Å². The molecule has 0 aliphatic carbocycles. The standard InChI is InChI=1S/C83H142O17P2/c1-5-9-13-17-21-25-29-32-34-36-38-40-42-45-49-52-56-60-64-68-81(86)94-74-79(100-83(88)70-66-62-58-54-50-46-43-41-39-37-35-33-30-26-22-18-14-10-6-2)76-98-102(91,92)96-72-77(84)71-95-101(89,90)97-75-78(99-82(87)69-65-61-57-53-47-28-24-20-16-12-8-4)73-93-80(85)67-63-59-55-51-48-44-31-27-23-19-15-11-7-3/h9-10,13-14,20-22,24-26,32-35,38-41,45,49,77-79,84H,5-8,11-12,15-19,23,27-31,36-37,42-44,46-48,50-76H2,1-4H3,(H,89,90)(H,91,92)/b13-9-,14-10-,24-20-,25-21-,26-22-,34-32-,35-33-,40-38-,41-39-,49-45-. The highest BCUT2D eigenvalue weighted by molar-refractivity contribution is 7.47. The van der Waals surface area contributed by atoms with Crippen LogP contribution in [0.2, 0.25) is 0 Å². The number of hydrogen-bond donors (Lipinski definition) is 3. The van der Waals surface area contributed by atoms with Gasteiger partial charge in [0.2, 0.25) is 0 Å².